The Hall–Kier alpha value is -3.06. The minimum absolute atomic E-state index is 0.126. The molecule has 0 bridgehead atoms. The first-order valence-corrected chi connectivity index (χ1v) is 9.88. The summed E-state index contributed by atoms with van der Waals surface area (Å²) in [7, 11) is -2.38. The second-order valence-electron chi connectivity index (χ2n) is 6.09. The van der Waals surface area contributed by atoms with Gasteiger partial charge in [-0.2, -0.15) is 0 Å². The summed E-state index contributed by atoms with van der Waals surface area (Å²) < 4.78 is 41.6. The van der Waals surface area contributed by atoms with E-state index < -0.39 is 15.8 Å². The van der Waals surface area contributed by atoms with Gasteiger partial charge < -0.3 is 13.9 Å². The second kappa shape index (κ2) is 6.59. The Balaban J connectivity index is 1.84. The average Bonchev–Trinajstić information content (AvgIpc) is 3.16. The summed E-state index contributed by atoms with van der Waals surface area (Å²) >= 11 is 0. The average molecular weight is 384 g/mol. The third-order valence-corrected chi connectivity index (χ3v) is 6.15. The summed E-state index contributed by atoms with van der Waals surface area (Å²) in [6.07, 6.45) is 1.55. The molecule has 1 aliphatic heterocycles. The fourth-order valence-corrected chi connectivity index (χ4v) is 4.57. The minimum atomic E-state index is -3.64. The number of sulfone groups is 1. The maximum absolute atomic E-state index is 12.8. The maximum atomic E-state index is 12.8. The fraction of sp³-hybridized carbons (Fsp3) is 0.150. The van der Waals surface area contributed by atoms with E-state index in [1.54, 1.807) is 42.7 Å². The van der Waals surface area contributed by atoms with Gasteiger partial charge in [0.25, 0.3) is 0 Å². The van der Waals surface area contributed by atoms with Crippen LogP contribution < -0.4 is 4.74 Å². The Labute approximate surface area is 156 Å². The van der Waals surface area contributed by atoms with Crippen molar-refractivity contribution in [2.24, 2.45) is 0 Å². The van der Waals surface area contributed by atoms with Crippen LogP contribution in [0.4, 0.5) is 0 Å². The van der Waals surface area contributed by atoms with Crippen LogP contribution >= 0.6 is 0 Å². The van der Waals surface area contributed by atoms with Gasteiger partial charge in [0.05, 0.1) is 24.0 Å². The summed E-state index contributed by atoms with van der Waals surface area (Å²) in [6, 6.07) is 13.3. The lowest BCUT2D eigenvalue weighted by molar-refractivity contribution is 0.0594. The molecule has 2 heterocycles. The predicted octanol–water partition coefficient (Wildman–Crippen LogP) is 3.60. The SMILES string of the molecule is COC(=O)c1c(CS(=O)(=O)c2ccccc2)ccc2c1OCc1occc1-2. The summed E-state index contributed by atoms with van der Waals surface area (Å²) in [4.78, 5) is 12.6. The molecule has 3 aromatic rings. The molecule has 0 fully saturated rings. The van der Waals surface area contributed by atoms with E-state index in [0.717, 1.165) is 5.56 Å². The summed E-state index contributed by atoms with van der Waals surface area (Å²) in [5, 5.41) is 0. The Kier molecular flexibility index (Phi) is 4.24. The van der Waals surface area contributed by atoms with Gasteiger partial charge in [-0.15, -0.1) is 0 Å². The Bertz CT molecular complexity index is 1110. The van der Waals surface area contributed by atoms with Gasteiger partial charge in [-0.1, -0.05) is 30.3 Å². The zero-order valence-electron chi connectivity index (χ0n) is 14.5. The molecule has 7 heteroatoms. The third kappa shape index (κ3) is 3.00. The first kappa shape index (κ1) is 17.4. The van der Waals surface area contributed by atoms with Crippen LogP contribution in [0, 0.1) is 0 Å². The van der Waals surface area contributed by atoms with Gasteiger partial charge in [0.15, 0.2) is 9.84 Å². The number of carbonyl (C=O) groups excluding carboxylic acids is 1. The normalized spacial score (nSPS) is 12.6. The van der Waals surface area contributed by atoms with Crippen molar-refractivity contribution in [3.8, 4) is 16.9 Å². The number of ether oxygens (including phenoxy) is 2. The van der Waals surface area contributed by atoms with Gasteiger partial charge in [-0.05, 0) is 23.8 Å². The van der Waals surface area contributed by atoms with E-state index >= 15 is 0 Å². The topological polar surface area (TPSA) is 82.8 Å². The summed E-state index contributed by atoms with van der Waals surface area (Å²) in [6.45, 7) is 0.161. The van der Waals surface area contributed by atoms with Gasteiger partial charge in [0.2, 0.25) is 0 Å². The third-order valence-electron chi connectivity index (χ3n) is 4.46. The Morgan fingerprint density at radius 1 is 1.07 bits per heavy atom. The van der Waals surface area contributed by atoms with E-state index in [4.69, 9.17) is 13.9 Å². The molecule has 0 aliphatic carbocycles. The number of rotatable bonds is 4. The highest BCUT2D eigenvalue weighted by Gasteiger charge is 2.30. The standard InChI is InChI=1S/C20H16O6S/c1-24-20(21)18-13(12-27(22,23)14-5-3-2-4-6-14)7-8-16-15-9-10-25-17(15)11-26-19(16)18/h2-10H,11-12H2,1H3. The maximum Gasteiger partial charge on any atom is 0.341 e. The molecule has 138 valence electrons. The molecule has 0 spiro atoms. The number of hydrogen-bond donors (Lipinski definition) is 0. The van der Waals surface area contributed by atoms with Crippen LogP contribution in [-0.2, 0) is 26.9 Å². The molecule has 0 unspecified atom stereocenters. The molecular weight excluding hydrogens is 368 g/mol. The van der Waals surface area contributed by atoms with E-state index in [1.165, 1.54) is 19.2 Å². The van der Waals surface area contributed by atoms with Crippen LogP contribution in [0.15, 0.2) is 64.1 Å². The number of fused-ring (bicyclic) bond motifs is 3. The molecule has 0 radical (unpaired) electrons. The fourth-order valence-electron chi connectivity index (χ4n) is 3.18. The number of esters is 1. The quantitative estimate of drug-likeness (QED) is 0.639. The van der Waals surface area contributed by atoms with Crippen LogP contribution in [0.25, 0.3) is 11.1 Å². The van der Waals surface area contributed by atoms with E-state index in [9.17, 15) is 13.2 Å². The molecule has 0 N–H and O–H groups in total. The van der Waals surface area contributed by atoms with Crippen molar-refractivity contribution in [1.29, 1.82) is 0 Å². The van der Waals surface area contributed by atoms with Crippen LogP contribution in [0.2, 0.25) is 0 Å². The number of methoxy groups -OCH3 is 1. The molecular formula is C20H16O6S. The lowest BCUT2D eigenvalue weighted by Crippen LogP contribution is -2.15. The zero-order chi connectivity index (χ0) is 19.0. The Morgan fingerprint density at radius 3 is 2.59 bits per heavy atom. The van der Waals surface area contributed by atoms with Gasteiger partial charge in [-0.3, -0.25) is 0 Å². The highest BCUT2D eigenvalue weighted by Crippen LogP contribution is 2.42. The van der Waals surface area contributed by atoms with Crippen LogP contribution in [-0.4, -0.2) is 21.5 Å². The van der Waals surface area contributed by atoms with Crippen LogP contribution in [0.5, 0.6) is 5.75 Å². The van der Waals surface area contributed by atoms with Gasteiger partial charge in [-0.25, -0.2) is 13.2 Å². The smallest absolute Gasteiger partial charge is 0.341 e. The van der Waals surface area contributed by atoms with Crippen molar-refractivity contribution in [3.63, 3.8) is 0 Å². The minimum Gasteiger partial charge on any atom is -0.484 e. The molecule has 27 heavy (non-hydrogen) atoms. The van der Waals surface area contributed by atoms with E-state index in [-0.39, 0.29) is 22.8 Å². The summed E-state index contributed by atoms with van der Waals surface area (Å²) in [5.74, 6) is -0.00684. The van der Waals surface area contributed by atoms with E-state index in [0.29, 0.717) is 22.6 Å². The molecule has 6 nitrogen and oxygen atoms in total. The van der Waals surface area contributed by atoms with Crippen molar-refractivity contribution in [2.75, 3.05) is 7.11 Å². The molecule has 0 saturated heterocycles. The van der Waals surface area contributed by atoms with Crippen LogP contribution in [0.1, 0.15) is 21.7 Å². The molecule has 0 amide bonds. The predicted molar refractivity (Wildman–Crippen MR) is 97.1 cm³/mol. The van der Waals surface area contributed by atoms with Gasteiger partial charge in [0, 0.05) is 11.1 Å². The monoisotopic (exact) mass is 384 g/mol. The number of hydrogen-bond acceptors (Lipinski definition) is 6. The van der Waals surface area contributed by atoms with Crippen molar-refractivity contribution >= 4 is 15.8 Å². The highest BCUT2D eigenvalue weighted by molar-refractivity contribution is 7.90. The van der Waals surface area contributed by atoms with Gasteiger partial charge in [0.1, 0.15) is 23.7 Å². The second-order valence-corrected chi connectivity index (χ2v) is 8.08. The molecule has 0 saturated carbocycles. The van der Waals surface area contributed by atoms with Crippen molar-refractivity contribution in [3.05, 3.63) is 71.7 Å². The van der Waals surface area contributed by atoms with Crippen molar-refractivity contribution in [1.82, 2.24) is 0 Å². The first-order chi connectivity index (χ1) is 13.0. The number of carbonyl (C=O) groups is 1. The lowest BCUT2D eigenvalue weighted by Gasteiger charge is -2.21. The number of benzene rings is 2. The van der Waals surface area contributed by atoms with Crippen LogP contribution in [0.3, 0.4) is 0 Å². The molecule has 1 aromatic heterocycles. The molecule has 2 aromatic carbocycles. The van der Waals surface area contributed by atoms with Crippen molar-refractivity contribution < 1.29 is 27.1 Å². The highest BCUT2D eigenvalue weighted by atomic mass is 32.2. The molecule has 4 rings (SSSR count). The zero-order valence-corrected chi connectivity index (χ0v) is 15.3. The largest absolute Gasteiger partial charge is 0.484 e. The van der Waals surface area contributed by atoms with E-state index in [2.05, 4.69) is 0 Å². The Morgan fingerprint density at radius 2 is 1.85 bits per heavy atom. The summed E-state index contributed by atoms with van der Waals surface area (Å²) in [5.41, 5.74) is 1.95. The first-order valence-electron chi connectivity index (χ1n) is 8.23. The lowest BCUT2D eigenvalue weighted by atomic mass is 9.96. The van der Waals surface area contributed by atoms with Crippen molar-refractivity contribution in [2.45, 2.75) is 17.3 Å². The molecule has 0 atom stereocenters. The molecule has 1 aliphatic rings. The number of furan rings is 1. The van der Waals surface area contributed by atoms with E-state index in [1.807, 2.05) is 0 Å². The van der Waals surface area contributed by atoms with Gasteiger partial charge >= 0.3 is 5.97 Å².